The van der Waals surface area contributed by atoms with E-state index in [2.05, 4.69) is 6.07 Å². The van der Waals surface area contributed by atoms with Crippen LogP contribution in [0.5, 0.6) is 0 Å². The van der Waals surface area contributed by atoms with Crippen LogP contribution in [0.4, 0.5) is 0 Å². The molecule has 0 saturated carbocycles. The van der Waals surface area contributed by atoms with E-state index in [1.165, 1.54) is 5.56 Å². The van der Waals surface area contributed by atoms with Crippen molar-refractivity contribution >= 4 is 0 Å². The molecule has 1 rings (SSSR count). The third-order valence-corrected chi connectivity index (χ3v) is 2.14. The van der Waals surface area contributed by atoms with E-state index >= 15 is 0 Å². The van der Waals surface area contributed by atoms with E-state index in [0.717, 1.165) is 11.1 Å². The van der Waals surface area contributed by atoms with Crippen molar-refractivity contribution < 1.29 is 5.11 Å². The number of hydrogen-bond donors (Lipinski definition) is 0. The van der Waals surface area contributed by atoms with Crippen LogP contribution in [0.1, 0.15) is 36.1 Å². The molecule has 0 aliphatic carbocycles. The van der Waals surface area contributed by atoms with Gasteiger partial charge in [-0.1, -0.05) is 30.7 Å². The Morgan fingerprint density at radius 2 is 2.00 bits per heavy atom. The Morgan fingerprint density at radius 3 is 2.50 bits per heavy atom. The summed E-state index contributed by atoms with van der Waals surface area (Å²) in [5.41, 5.74) is 3.29. The Bertz CT molecular complexity index is 266. The van der Waals surface area contributed by atoms with Crippen LogP contribution in [0, 0.1) is 13.8 Å². The molecule has 0 aliphatic heterocycles. The monoisotopic (exact) mass is 163 g/mol. The van der Waals surface area contributed by atoms with Gasteiger partial charge in [-0.2, -0.15) is 0 Å². The van der Waals surface area contributed by atoms with Gasteiger partial charge in [0.1, 0.15) is 6.10 Å². The van der Waals surface area contributed by atoms with Gasteiger partial charge in [0, 0.05) is 0 Å². The molecule has 0 heterocycles. The summed E-state index contributed by atoms with van der Waals surface area (Å²) in [5, 5.41) is 11.4. The lowest BCUT2D eigenvalue weighted by molar-refractivity contribution is 0.0852. The van der Waals surface area contributed by atoms with E-state index in [1.807, 2.05) is 32.9 Å². The maximum atomic E-state index is 11.4. The summed E-state index contributed by atoms with van der Waals surface area (Å²) in [5.74, 6) is 0. The molecule has 12 heavy (non-hydrogen) atoms. The lowest BCUT2D eigenvalue weighted by atomic mass is 10.00. The molecule has 1 nitrogen and oxygen atoms in total. The third kappa shape index (κ3) is 1.86. The lowest BCUT2D eigenvalue weighted by Crippen LogP contribution is -1.96. The molecule has 0 N–H and O–H groups in total. The van der Waals surface area contributed by atoms with Gasteiger partial charge < -0.3 is 0 Å². The Balaban J connectivity index is 3.01. The fourth-order valence-corrected chi connectivity index (χ4v) is 1.41. The minimum absolute atomic E-state index is 0.550. The van der Waals surface area contributed by atoms with Crippen molar-refractivity contribution in [3.8, 4) is 0 Å². The molecule has 1 heteroatoms. The first-order valence-corrected chi connectivity index (χ1v) is 4.38. The molecule has 1 aromatic carbocycles. The lowest BCUT2D eigenvalue weighted by Gasteiger charge is -2.09. The number of rotatable bonds is 2. The van der Waals surface area contributed by atoms with Gasteiger partial charge in [-0.3, -0.25) is 0 Å². The van der Waals surface area contributed by atoms with Gasteiger partial charge >= 0.3 is 0 Å². The van der Waals surface area contributed by atoms with Crippen LogP contribution in [0.15, 0.2) is 18.2 Å². The van der Waals surface area contributed by atoms with Crippen molar-refractivity contribution in [3.63, 3.8) is 0 Å². The van der Waals surface area contributed by atoms with E-state index in [4.69, 9.17) is 0 Å². The van der Waals surface area contributed by atoms with Gasteiger partial charge in [-0.15, -0.1) is 0 Å². The van der Waals surface area contributed by atoms with Gasteiger partial charge in [0.25, 0.3) is 0 Å². The summed E-state index contributed by atoms with van der Waals surface area (Å²) in [6, 6.07) is 6.02. The predicted molar refractivity (Wildman–Crippen MR) is 49.6 cm³/mol. The van der Waals surface area contributed by atoms with E-state index in [1.54, 1.807) is 0 Å². The normalized spacial score (nSPS) is 13.0. The van der Waals surface area contributed by atoms with Gasteiger partial charge in [0.2, 0.25) is 0 Å². The molecule has 1 atom stereocenters. The molecule has 1 unspecified atom stereocenters. The predicted octanol–water partition coefficient (Wildman–Crippen LogP) is 3.19. The van der Waals surface area contributed by atoms with Gasteiger partial charge in [-0.25, -0.2) is 5.11 Å². The van der Waals surface area contributed by atoms with Gasteiger partial charge in [-0.05, 0) is 31.4 Å². The molecule has 65 valence electrons. The van der Waals surface area contributed by atoms with Crippen LogP contribution in [0.25, 0.3) is 0 Å². The van der Waals surface area contributed by atoms with Crippen molar-refractivity contribution in [1.29, 1.82) is 0 Å². The van der Waals surface area contributed by atoms with Gasteiger partial charge in [0.15, 0.2) is 0 Å². The van der Waals surface area contributed by atoms with Crippen LogP contribution in [-0.2, 0) is 5.11 Å². The molecule has 1 radical (unpaired) electrons. The maximum Gasteiger partial charge on any atom is 0.118 e. The number of hydrogen-bond acceptors (Lipinski definition) is 0. The van der Waals surface area contributed by atoms with Crippen LogP contribution >= 0.6 is 0 Å². The molecule has 0 bridgehead atoms. The molecular weight excluding hydrogens is 148 g/mol. The first-order chi connectivity index (χ1) is 5.65. The largest absolute Gasteiger partial charge is 0.228 e. The summed E-state index contributed by atoms with van der Waals surface area (Å²) < 4.78 is 0. The van der Waals surface area contributed by atoms with Crippen molar-refractivity contribution in [1.82, 2.24) is 0 Å². The maximum absolute atomic E-state index is 11.4. The summed E-state index contributed by atoms with van der Waals surface area (Å²) >= 11 is 0. The Hall–Kier alpha value is -0.820. The second-order valence-electron chi connectivity index (χ2n) is 3.26. The van der Waals surface area contributed by atoms with Crippen LogP contribution < -0.4 is 0 Å². The summed E-state index contributed by atoms with van der Waals surface area (Å²) in [7, 11) is 0. The van der Waals surface area contributed by atoms with Gasteiger partial charge in [0.05, 0.1) is 0 Å². The molecule has 0 fully saturated rings. The second kappa shape index (κ2) is 3.72. The zero-order chi connectivity index (χ0) is 9.14. The fourth-order valence-electron chi connectivity index (χ4n) is 1.41. The van der Waals surface area contributed by atoms with Crippen LogP contribution in [0.3, 0.4) is 0 Å². The molecule has 1 aromatic rings. The second-order valence-corrected chi connectivity index (χ2v) is 3.26. The fraction of sp³-hybridized carbons (Fsp3) is 0.455. The highest BCUT2D eigenvalue weighted by molar-refractivity contribution is 5.31. The Labute approximate surface area is 74.1 Å². The zero-order valence-corrected chi connectivity index (χ0v) is 7.92. The molecule has 0 amide bonds. The third-order valence-electron chi connectivity index (χ3n) is 2.14. The molecular formula is C11H15O. The molecule has 0 spiro atoms. The van der Waals surface area contributed by atoms with E-state index in [0.29, 0.717) is 6.42 Å². The minimum Gasteiger partial charge on any atom is -0.228 e. The summed E-state index contributed by atoms with van der Waals surface area (Å²) in [6.45, 7) is 5.97. The first-order valence-electron chi connectivity index (χ1n) is 4.38. The summed E-state index contributed by atoms with van der Waals surface area (Å²) in [6.07, 6.45) is 0.120. The van der Waals surface area contributed by atoms with Crippen molar-refractivity contribution in [2.24, 2.45) is 0 Å². The molecule has 0 aromatic heterocycles. The number of benzene rings is 1. The standard InChI is InChI=1S/C11H15O/c1-4-11(12)10-6-5-8(2)7-9(10)3/h5-7,11H,4H2,1-3H3. The SMILES string of the molecule is CCC([O])c1ccc(C)cc1C. The molecule has 0 saturated heterocycles. The smallest absolute Gasteiger partial charge is 0.118 e. The van der Waals surface area contributed by atoms with Crippen LogP contribution in [-0.4, -0.2) is 0 Å². The van der Waals surface area contributed by atoms with E-state index in [-0.39, 0.29) is 0 Å². The topological polar surface area (TPSA) is 19.9 Å². The van der Waals surface area contributed by atoms with Crippen molar-refractivity contribution in [2.75, 3.05) is 0 Å². The highest BCUT2D eigenvalue weighted by Gasteiger charge is 2.08. The molecule has 0 aliphatic rings. The Morgan fingerprint density at radius 1 is 1.33 bits per heavy atom. The number of aryl methyl sites for hydroxylation is 2. The zero-order valence-electron chi connectivity index (χ0n) is 7.92. The summed E-state index contributed by atoms with van der Waals surface area (Å²) in [4.78, 5) is 0. The van der Waals surface area contributed by atoms with Crippen molar-refractivity contribution in [2.45, 2.75) is 33.3 Å². The highest BCUT2D eigenvalue weighted by Crippen LogP contribution is 2.21. The minimum atomic E-state index is -0.550. The van der Waals surface area contributed by atoms with E-state index < -0.39 is 6.10 Å². The first kappa shape index (κ1) is 9.27. The highest BCUT2D eigenvalue weighted by atomic mass is 16.3. The van der Waals surface area contributed by atoms with E-state index in [9.17, 15) is 5.11 Å². The average Bonchev–Trinajstić information content (AvgIpc) is 2.03. The Kier molecular flexibility index (Phi) is 2.88. The van der Waals surface area contributed by atoms with Crippen LogP contribution in [0.2, 0.25) is 0 Å². The quantitative estimate of drug-likeness (QED) is 0.638. The average molecular weight is 163 g/mol. The van der Waals surface area contributed by atoms with Crippen molar-refractivity contribution in [3.05, 3.63) is 34.9 Å².